The van der Waals surface area contributed by atoms with Crippen molar-refractivity contribution in [3.8, 4) is 0 Å². The Morgan fingerprint density at radius 2 is 1.71 bits per heavy atom. The highest BCUT2D eigenvalue weighted by Gasteiger charge is 2.26. The molecule has 0 bridgehead atoms. The van der Waals surface area contributed by atoms with E-state index in [4.69, 9.17) is 0 Å². The highest BCUT2D eigenvalue weighted by Crippen LogP contribution is 2.22. The molecule has 1 aromatic heterocycles. The van der Waals surface area contributed by atoms with Crippen LogP contribution in [0.3, 0.4) is 0 Å². The second-order valence-electron chi connectivity index (χ2n) is 4.72. The molecule has 0 aliphatic rings. The predicted molar refractivity (Wildman–Crippen MR) is 77.7 cm³/mol. The largest absolute Gasteiger partial charge is 0.481 e. The van der Waals surface area contributed by atoms with Gasteiger partial charge in [-0.3, -0.25) is 14.6 Å². The fourth-order valence-corrected chi connectivity index (χ4v) is 2.03. The van der Waals surface area contributed by atoms with Crippen molar-refractivity contribution in [2.75, 3.05) is 0 Å². The zero-order valence-corrected chi connectivity index (χ0v) is 11.6. The van der Waals surface area contributed by atoms with Crippen molar-refractivity contribution in [3.63, 3.8) is 0 Å². The molecule has 2 atom stereocenters. The van der Waals surface area contributed by atoms with Crippen LogP contribution in [0.25, 0.3) is 0 Å². The molecular formula is C16H16N2O3. The molecule has 0 fully saturated rings. The number of hydrogen-bond acceptors (Lipinski definition) is 3. The van der Waals surface area contributed by atoms with E-state index in [0.717, 1.165) is 5.56 Å². The van der Waals surface area contributed by atoms with Gasteiger partial charge in [-0.15, -0.1) is 0 Å². The van der Waals surface area contributed by atoms with E-state index in [9.17, 15) is 14.7 Å². The first kappa shape index (κ1) is 14.7. The number of carbonyl (C=O) groups excluding carboxylic acids is 1. The number of nitrogens with one attached hydrogen (secondary N) is 1. The van der Waals surface area contributed by atoms with Gasteiger partial charge in [0.15, 0.2) is 0 Å². The zero-order valence-electron chi connectivity index (χ0n) is 11.6. The highest BCUT2D eigenvalue weighted by molar-refractivity contribution is 5.94. The Morgan fingerprint density at radius 3 is 2.29 bits per heavy atom. The van der Waals surface area contributed by atoms with Gasteiger partial charge < -0.3 is 10.4 Å². The number of rotatable bonds is 5. The zero-order chi connectivity index (χ0) is 15.2. The van der Waals surface area contributed by atoms with Gasteiger partial charge in [-0.05, 0) is 24.6 Å². The quantitative estimate of drug-likeness (QED) is 0.882. The molecule has 1 amide bonds. The molecule has 21 heavy (non-hydrogen) atoms. The number of carbonyl (C=O) groups is 2. The van der Waals surface area contributed by atoms with Gasteiger partial charge in [-0.2, -0.15) is 0 Å². The number of benzene rings is 1. The summed E-state index contributed by atoms with van der Waals surface area (Å²) in [6, 6.07) is 11.7. The lowest BCUT2D eigenvalue weighted by Gasteiger charge is -2.23. The summed E-state index contributed by atoms with van der Waals surface area (Å²) in [6.07, 6.45) is 3.04. The molecule has 0 unspecified atom stereocenters. The van der Waals surface area contributed by atoms with E-state index in [0.29, 0.717) is 5.56 Å². The van der Waals surface area contributed by atoms with Gasteiger partial charge >= 0.3 is 5.97 Å². The summed E-state index contributed by atoms with van der Waals surface area (Å²) in [5.41, 5.74) is 1.21. The highest BCUT2D eigenvalue weighted by atomic mass is 16.4. The molecule has 2 rings (SSSR count). The summed E-state index contributed by atoms with van der Waals surface area (Å²) in [5.74, 6) is -2.02. The molecule has 2 N–H and O–H groups in total. The summed E-state index contributed by atoms with van der Waals surface area (Å²) in [5, 5.41) is 12.0. The minimum atomic E-state index is -0.959. The molecule has 1 aromatic carbocycles. The minimum Gasteiger partial charge on any atom is -0.481 e. The first-order chi connectivity index (χ1) is 10.1. The molecular weight excluding hydrogens is 268 g/mol. The van der Waals surface area contributed by atoms with E-state index in [-0.39, 0.29) is 5.91 Å². The molecule has 0 radical (unpaired) electrons. The van der Waals surface area contributed by atoms with Crippen LogP contribution in [-0.4, -0.2) is 22.0 Å². The SMILES string of the molecule is C[C@@H](C(=O)O)[C@@H](NC(=O)c1ccncc1)c1ccccc1. The van der Waals surface area contributed by atoms with E-state index in [1.54, 1.807) is 31.2 Å². The van der Waals surface area contributed by atoms with Gasteiger partial charge in [-0.1, -0.05) is 30.3 Å². The third-order valence-corrected chi connectivity index (χ3v) is 3.28. The molecule has 0 aliphatic carbocycles. The maximum atomic E-state index is 12.2. The molecule has 1 heterocycles. The minimum absolute atomic E-state index is 0.320. The molecule has 0 saturated carbocycles. The van der Waals surface area contributed by atoms with Crippen LogP contribution in [0.1, 0.15) is 28.9 Å². The summed E-state index contributed by atoms with van der Waals surface area (Å²) >= 11 is 0. The third kappa shape index (κ3) is 3.66. The standard InChI is InChI=1S/C16H16N2O3/c1-11(16(20)21)14(12-5-3-2-4-6-12)18-15(19)13-7-9-17-10-8-13/h2-11,14H,1H3,(H,18,19)(H,20,21)/t11-,14-/m1/s1. The van der Waals surface area contributed by atoms with Gasteiger partial charge in [0.1, 0.15) is 0 Å². The summed E-state index contributed by atoms with van der Waals surface area (Å²) in [6.45, 7) is 1.58. The van der Waals surface area contributed by atoms with Gasteiger partial charge in [0, 0.05) is 18.0 Å². The van der Waals surface area contributed by atoms with Gasteiger partial charge in [-0.25, -0.2) is 0 Å². The summed E-state index contributed by atoms with van der Waals surface area (Å²) in [4.78, 5) is 27.3. The first-order valence-electron chi connectivity index (χ1n) is 6.58. The molecule has 5 heteroatoms. The van der Waals surface area contributed by atoms with Crippen molar-refractivity contribution in [2.45, 2.75) is 13.0 Å². The van der Waals surface area contributed by atoms with E-state index >= 15 is 0 Å². The average Bonchev–Trinajstić information content (AvgIpc) is 2.53. The maximum absolute atomic E-state index is 12.2. The number of carboxylic acid groups (broad SMARTS) is 1. The molecule has 5 nitrogen and oxygen atoms in total. The lowest BCUT2D eigenvalue weighted by atomic mass is 9.94. The first-order valence-corrected chi connectivity index (χ1v) is 6.58. The number of pyridine rings is 1. The van der Waals surface area contributed by atoms with Crippen molar-refractivity contribution in [1.29, 1.82) is 0 Å². The molecule has 0 spiro atoms. The Balaban J connectivity index is 2.25. The second-order valence-corrected chi connectivity index (χ2v) is 4.72. The normalized spacial score (nSPS) is 13.2. The number of aromatic nitrogens is 1. The van der Waals surface area contributed by atoms with Gasteiger partial charge in [0.2, 0.25) is 0 Å². The Morgan fingerprint density at radius 1 is 1.10 bits per heavy atom. The van der Waals surface area contributed by atoms with Gasteiger partial charge in [0.25, 0.3) is 5.91 Å². The van der Waals surface area contributed by atoms with Crippen molar-refractivity contribution in [1.82, 2.24) is 10.3 Å². The second kappa shape index (κ2) is 6.65. The number of hydrogen-bond donors (Lipinski definition) is 2. The Labute approximate surface area is 122 Å². The Kier molecular flexibility index (Phi) is 4.66. The summed E-state index contributed by atoms with van der Waals surface area (Å²) in [7, 11) is 0. The fourth-order valence-electron chi connectivity index (χ4n) is 2.03. The van der Waals surface area contributed by atoms with Crippen LogP contribution in [0.15, 0.2) is 54.9 Å². The lowest BCUT2D eigenvalue weighted by Crippen LogP contribution is -2.35. The molecule has 2 aromatic rings. The van der Waals surface area contributed by atoms with E-state index in [2.05, 4.69) is 10.3 Å². The van der Waals surface area contributed by atoms with Crippen LogP contribution >= 0.6 is 0 Å². The molecule has 0 aliphatic heterocycles. The van der Waals surface area contributed by atoms with Crippen LogP contribution in [0.4, 0.5) is 0 Å². The van der Waals surface area contributed by atoms with Crippen molar-refractivity contribution in [3.05, 3.63) is 66.0 Å². The number of nitrogens with zero attached hydrogens (tertiary/aromatic N) is 1. The smallest absolute Gasteiger partial charge is 0.308 e. The van der Waals surface area contributed by atoms with E-state index < -0.39 is 17.9 Å². The van der Waals surface area contributed by atoms with Crippen molar-refractivity contribution >= 4 is 11.9 Å². The van der Waals surface area contributed by atoms with E-state index in [1.807, 2.05) is 18.2 Å². The number of aliphatic carboxylic acids is 1. The van der Waals surface area contributed by atoms with Crippen LogP contribution in [-0.2, 0) is 4.79 Å². The third-order valence-electron chi connectivity index (χ3n) is 3.28. The Hall–Kier alpha value is -2.69. The van der Waals surface area contributed by atoms with Crippen LogP contribution in [0.5, 0.6) is 0 Å². The number of carboxylic acids is 1. The van der Waals surface area contributed by atoms with Crippen LogP contribution in [0.2, 0.25) is 0 Å². The topological polar surface area (TPSA) is 79.3 Å². The fraction of sp³-hybridized carbons (Fsp3) is 0.188. The maximum Gasteiger partial charge on any atom is 0.308 e. The van der Waals surface area contributed by atoms with Gasteiger partial charge in [0.05, 0.1) is 12.0 Å². The number of amides is 1. The van der Waals surface area contributed by atoms with Crippen LogP contribution in [0, 0.1) is 5.92 Å². The Bertz CT molecular complexity index is 614. The van der Waals surface area contributed by atoms with E-state index in [1.165, 1.54) is 12.4 Å². The molecule has 108 valence electrons. The predicted octanol–water partition coefficient (Wildman–Crippen LogP) is 2.27. The van der Waals surface area contributed by atoms with Crippen molar-refractivity contribution in [2.24, 2.45) is 5.92 Å². The van der Waals surface area contributed by atoms with Crippen LogP contribution < -0.4 is 5.32 Å². The lowest BCUT2D eigenvalue weighted by molar-refractivity contribution is -0.142. The molecule has 0 saturated heterocycles. The average molecular weight is 284 g/mol. The summed E-state index contributed by atoms with van der Waals surface area (Å²) < 4.78 is 0. The monoisotopic (exact) mass is 284 g/mol. The van der Waals surface area contributed by atoms with Crippen molar-refractivity contribution < 1.29 is 14.7 Å².